The number of hydrogen-bond donors (Lipinski definition) is 4. The van der Waals surface area contributed by atoms with Crippen LogP contribution in [0.2, 0.25) is 0 Å². The number of para-hydroxylation sites is 1. The standard InChI is InChI=1S/C20H18N4O3/c25-18(22-15-7-3-6-14-12(15)10-11-21-14)9-8-17-20(27)23-16-5-2-1-4-13(16)19(26)24-17/h1-7,10-11,17,21H,8-9H2,(H,22,25)(H,23,27)(H,24,26)/t17-/m0/s1. The van der Waals surface area contributed by atoms with Crippen molar-refractivity contribution < 1.29 is 14.4 Å². The van der Waals surface area contributed by atoms with Crippen molar-refractivity contribution in [3.05, 3.63) is 60.3 Å². The Bertz CT molecular complexity index is 1040. The van der Waals surface area contributed by atoms with Gasteiger partial charge in [0.05, 0.1) is 16.9 Å². The molecule has 7 heteroatoms. The van der Waals surface area contributed by atoms with Gasteiger partial charge in [-0.25, -0.2) is 0 Å². The van der Waals surface area contributed by atoms with Crippen molar-refractivity contribution in [1.82, 2.24) is 10.3 Å². The van der Waals surface area contributed by atoms with E-state index in [1.165, 1.54) is 0 Å². The summed E-state index contributed by atoms with van der Waals surface area (Å²) in [6.07, 6.45) is 2.12. The zero-order valence-electron chi connectivity index (χ0n) is 14.4. The Labute approximate surface area is 155 Å². The largest absolute Gasteiger partial charge is 0.361 e. The van der Waals surface area contributed by atoms with Gasteiger partial charge in [-0.2, -0.15) is 0 Å². The molecule has 27 heavy (non-hydrogen) atoms. The molecule has 4 rings (SSSR count). The van der Waals surface area contributed by atoms with Crippen molar-refractivity contribution in [2.45, 2.75) is 18.9 Å². The number of hydrogen-bond acceptors (Lipinski definition) is 3. The van der Waals surface area contributed by atoms with Crippen LogP contribution in [0, 0.1) is 0 Å². The van der Waals surface area contributed by atoms with Gasteiger partial charge in [-0.05, 0) is 36.8 Å². The van der Waals surface area contributed by atoms with Gasteiger partial charge in [0.25, 0.3) is 5.91 Å². The lowest BCUT2D eigenvalue weighted by Gasteiger charge is -2.14. The highest BCUT2D eigenvalue weighted by Crippen LogP contribution is 2.23. The summed E-state index contributed by atoms with van der Waals surface area (Å²) < 4.78 is 0. The Hall–Kier alpha value is -3.61. The molecule has 0 aliphatic carbocycles. The lowest BCUT2D eigenvalue weighted by molar-refractivity contribution is -0.118. The molecule has 7 nitrogen and oxygen atoms in total. The molecule has 4 N–H and O–H groups in total. The van der Waals surface area contributed by atoms with Crippen molar-refractivity contribution >= 4 is 40.0 Å². The lowest BCUT2D eigenvalue weighted by Crippen LogP contribution is -2.41. The van der Waals surface area contributed by atoms with Gasteiger partial charge in [-0.15, -0.1) is 0 Å². The fraction of sp³-hybridized carbons (Fsp3) is 0.150. The third-order valence-electron chi connectivity index (χ3n) is 4.58. The Morgan fingerprint density at radius 2 is 1.89 bits per heavy atom. The van der Waals surface area contributed by atoms with E-state index in [0.717, 1.165) is 10.9 Å². The maximum absolute atomic E-state index is 12.4. The van der Waals surface area contributed by atoms with E-state index in [2.05, 4.69) is 20.9 Å². The molecule has 0 bridgehead atoms. The number of H-pyrrole nitrogens is 1. The maximum atomic E-state index is 12.4. The number of amides is 3. The first kappa shape index (κ1) is 16.8. The van der Waals surface area contributed by atoms with Gasteiger partial charge < -0.3 is 20.9 Å². The number of anilines is 2. The molecule has 0 fully saturated rings. The molecule has 0 spiro atoms. The van der Waals surface area contributed by atoms with Crippen LogP contribution in [-0.4, -0.2) is 28.7 Å². The van der Waals surface area contributed by atoms with Gasteiger partial charge >= 0.3 is 0 Å². The smallest absolute Gasteiger partial charge is 0.254 e. The Balaban J connectivity index is 1.41. The van der Waals surface area contributed by atoms with E-state index in [4.69, 9.17) is 0 Å². The summed E-state index contributed by atoms with van der Waals surface area (Å²) >= 11 is 0. The zero-order valence-corrected chi connectivity index (χ0v) is 14.4. The third-order valence-corrected chi connectivity index (χ3v) is 4.58. The van der Waals surface area contributed by atoms with Crippen LogP contribution < -0.4 is 16.0 Å². The van der Waals surface area contributed by atoms with Crippen LogP contribution in [0.4, 0.5) is 11.4 Å². The summed E-state index contributed by atoms with van der Waals surface area (Å²) in [6, 6.07) is 13.5. The Kier molecular flexibility index (Phi) is 4.33. The first-order valence-corrected chi connectivity index (χ1v) is 8.68. The van der Waals surface area contributed by atoms with E-state index < -0.39 is 6.04 Å². The second-order valence-corrected chi connectivity index (χ2v) is 6.39. The van der Waals surface area contributed by atoms with E-state index >= 15 is 0 Å². The first-order chi connectivity index (χ1) is 13.1. The van der Waals surface area contributed by atoms with Gasteiger partial charge in [-0.1, -0.05) is 18.2 Å². The van der Waals surface area contributed by atoms with Crippen LogP contribution >= 0.6 is 0 Å². The molecule has 1 aliphatic heterocycles. The number of aromatic amines is 1. The topological polar surface area (TPSA) is 103 Å². The maximum Gasteiger partial charge on any atom is 0.254 e. The second-order valence-electron chi connectivity index (χ2n) is 6.39. The molecule has 0 radical (unpaired) electrons. The van der Waals surface area contributed by atoms with E-state index in [1.807, 2.05) is 30.5 Å². The van der Waals surface area contributed by atoms with Crippen molar-refractivity contribution in [3.63, 3.8) is 0 Å². The molecule has 3 aromatic rings. The van der Waals surface area contributed by atoms with Crippen LogP contribution in [0.1, 0.15) is 23.2 Å². The molecule has 0 unspecified atom stereocenters. The molecule has 2 aromatic carbocycles. The zero-order chi connectivity index (χ0) is 18.8. The van der Waals surface area contributed by atoms with E-state index in [1.54, 1.807) is 24.3 Å². The fourth-order valence-corrected chi connectivity index (χ4v) is 3.20. The molecule has 2 heterocycles. The van der Waals surface area contributed by atoms with E-state index in [0.29, 0.717) is 16.9 Å². The second kappa shape index (κ2) is 6.95. The van der Waals surface area contributed by atoms with E-state index in [-0.39, 0.29) is 30.6 Å². The summed E-state index contributed by atoms with van der Waals surface area (Å²) in [6.45, 7) is 0. The van der Waals surface area contributed by atoms with Crippen molar-refractivity contribution in [2.24, 2.45) is 0 Å². The van der Waals surface area contributed by atoms with Crippen LogP contribution in [-0.2, 0) is 9.59 Å². The average molecular weight is 362 g/mol. The normalized spacial score (nSPS) is 16.2. The molecule has 1 aliphatic rings. The predicted molar refractivity (Wildman–Crippen MR) is 102 cm³/mol. The van der Waals surface area contributed by atoms with Crippen LogP contribution in [0.3, 0.4) is 0 Å². The predicted octanol–water partition coefficient (Wildman–Crippen LogP) is 2.64. The molecular formula is C20H18N4O3. The molecule has 0 saturated heterocycles. The van der Waals surface area contributed by atoms with Crippen LogP contribution in [0.25, 0.3) is 10.9 Å². The van der Waals surface area contributed by atoms with Gasteiger partial charge in [0.2, 0.25) is 11.8 Å². The van der Waals surface area contributed by atoms with Gasteiger partial charge in [0.1, 0.15) is 6.04 Å². The number of rotatable bonds is 4. The quantitative estimate of drug-likeness (QED) is 0.574. The summed E-state index contributed by atoms with van der Waals surface area (Å²) in [7, 11) is 0. The molecule has 0 saturated carbocycles. The number of benzene rings is 2. The average Bonchev–Trinajstić information content (AvgIpc) is 3.10. The van der Waals surface area contributed by atoms with Crippen LogP contribution in [0.15, 0.2) is 54.7 Å². The SMILES string of the molecule is O=C(CC[C@@H]1NC(=O)c2ccccc2NC1=O)Nc1cccc2[nH]ccc12. The number of carbonyl (C=O) groups excluding carboxylic acids is 3. The van der Waals surface area contributed by atoms with Gasteiger partial charge in [0.15, 0.2) is 0 Å². The first-order valence-electron chi connectivity index (χ1n) is 8.68. The minimum absolute atomic E-state index is 0.107. The van der Waals surface area contributed by atoms with Crippen molar-refractivity contribution in [1.29, 1.82) is 0 Å². The molecule has 1 aromatic heterocycles. The highest BCUT2D eigenvalue weighted by atomic mass is 16.2. The summed E-state index contributed by atoms with van der Waals surface area (Å²) in [5.74, 6) is -0.868. The number of aromatic nitrogens is 1. The number of carbonyl (C=O) groups is 3. The minimum Gasteiger partial charge on any atom is -0.361 e. The van der Waals surface area contributed by atoms with Crippen molar-refractivity contribution in [2.75, 3.05) is 10.6 Å². The van der Waals surface area contributed by atoms with Gasteiger partial charge in [-0.3, -0.25) is 14.4 Å². The monoisotopic (exact) mass is 362 g/mol. The third kappa shape index (κ3) is 3.39. The Morgan fingerprint density at radius 3 is 2.78 bits per heavy atom. The van der Waals surface area contributed by atoms with Gasteiger partial charge in [0, 0.05) is 23.5 Å². The van der Waals surface area contributed by atoms with Crippen molar-refractivity contribution in [3.8, 4) is 0 Å². The fourth-order valence-electron chi connectivity index (χ4n) is 3.20. The highest BCUT2D eigenvalue weighted by Gasteiger charge is 2.27. The number of fused-ring (bicyclic) bond motifs is 2. The van der Waals surface area contributed by atoms with E-state index in [9.17, 15) is 14.4 Å². The minimum atomic E-state index is -0.765. The van der Waals surface area contributed by atoms with Crippen LogP contribution in [0.5, 0.6) is 0 Å². The molecule has 136 valence electrons. The Morgan fingerprint density at radius 1 is 1.04 bits per heavy atom. The molecular weight excluding hydrogens is 344 g/mol. The summed E-state index contributed by atoms with van der Waals surface area (Å²) in [5.41, 5.74) is 2.53. The lowest BCUT2D eigenvalue weighted by atomic mass is 10.1. The summed E-state index contributed by atoms with van der Waals surface area (Å²) in [4.78, 5) is 40.1. The summed E-state index contributed by atoms with van der Waals surface area (Å²) in [5, 5.41) is 9.22. The molecule has 1 atom stereocenters. The highest BCUT2D eigenvalue weighted by molar-refractivity contribution is 6.10. The molecule has 3 amide bonds. The number of nitrogens with one attached hydrogen (secondary N) is 4.